The standard InChI is InChI=1S/C9H19NOS/c1-9(12-2)3-4-10-5-7-11-8-6-10/h9H,3-8H2,1-2H3. The van der Waals surface area contributed by atoms with Gasteiger partial charge in [-0.05, 0) is 19.2 Å². The first-order chi connectivity index (χ1) is 5.83. The Morgan fingerprint density at radius 2 is 2.08 bits per heavy atom. The molecule has 0 amide bonds. The van der Waals surface area contributed by atoms with Crippen LogP contribution in [0.4, 0.5) is 0 Å². The van der Waals surface area contributed by atoms with Crippen LogP contribution >= 0.6 is 11.8 Å². The van der Waals surface area contributed by atoms with Gasteiger partial charge in [0, 0.05) is 18.3 Å². The second-order valence-corrected chi connectivity index (χ2v) is 4.57. The lowest BCUT2D eigenvalue weighted by atomic mass is 10.3. The van der Waals surface area contributed by atoms with Crippen LogP contribution in [0.3, 0.4) is 0 Å². The third-order valence-electron chi connectivity index (χ3n) is 2.36. The fourth-order valence-electron chi connectivity index (χ4n) is 1.31. The molecule has 12 heavy (non-hydrogen) atoms. The predicted molar refractivity (Wildman–Crippen MR) is 54.9 cm³/mol. The van der Waals surface area contributed by atoms with E-state index in [2.05, 4.69) is 18.1 Å². The molecule has 1 saturated heterocycles. The van der Waals surface area contributed by atoms with Crippen LogP contribution in [0.15, 0.2) is 0 Å². The summed E-state index contributed by atoms with van der Waals surface area (Å²) in [6.07, 6.45) is 3.49. The number of ether oxygens (including phenoxy) is 1. The summed E-state index contributed by atoms with van der Waals surface area (Å²) in [4.78, 5) is 2.50. The SMILES string of the molecule is CSC(C)CCN1CCOCC1. The molecule has 1 fully saturated rings. The van der Waals surface area contributed by atoms with E-state index < -0.39 is 0 Å². The van der Waals surface area contributed by atoms with E-state index in [9.17, 15) is 0 Å². The van der Waals surface area contributed by atoms with Gasteiger partial charge in [-0.3, -0.25) is 4.90 Å². The van der Waals surface area contributed by atoms with Crippen molar-refractivity contribution in [1.29, 1.82) is 0 Å². The van der Waals surface area contributed by atoms with Crippen molar-refractivity contribution in [2.45, 2.75) is 18.6 Å². The molecule has 1 rings (SSSR count). The summed E-state index contributed by atoms with van der Waals surface area (Å²) >= 11 is 1.96. The van der Waals surface area contributed by atoms with E-state index in [1.165, 1.54) is 13.0 Å². The van der Waals surface area contributed by atoms with Crippen LogP contribution in [0.25, 0.3) is 0 Å². The van der Waals surface area contributed by atoms with E-state index in [-0.39, 0.29) is 0 Å². The van der Waals surface area contributed by atoms with Crippen LogP contribution in [0, 0.1) is 0 Å². The highest BCUT2D eigenvalue weighted by atomic mass is 32.2. The zero-order valence-electron chi connectivity index (χ0n) is 8.08. The number of thioether (sulfide) groups is 1. The molecule has 1 aliphatic heterocycles. The van der Waals surface area contributed by atoms with Crippen LogP contribution in [-0.4, -0.2) is 49.3 Å². The second-order valence-electron chi connectivity index (χ2n) is 3.29. The predicted octanol–water partition coefficient (Wildman–Crippen LogP) is 1.46. The average Bonchev–Trinajstić information content (AvgIpc) is 2.16. The topological polar surface area (TPSA) is 12.5 Å². The summed E-state index contributed by atoms with van der Waals surface area (Å²) in [7, 11) is 0. The Morgan fingerprint density at radius 1 is 1.42 bits per heavy atom. The molecule has 0 N–H and O–H groups in total. The maximum atomic E-state index is 5.29. The van der Waals surface area contributed by atoms with Crippen molar-refractivity contribution in [3.05, 3.63) is 0 Å². The summed E-state index contributed by atoms with van der Waals surface area (Å²) in [5.74, 6) is 0. The van der Waals surface area contributed by atoms with Gasteiger partial charge in [0.2, 0.25) is 0 Å². The van der Waals surface area contributed by atoms with Gasteiger partial charge < -0.3 is 4.74 Å². The summed E-state index contributed by atoms with van der Waals surface area (Å²) in [6.45, 7) is 7.64. The van der Waals surface area contributed by atoms with Crippen molar-refractivity contribution in [3.8, 4) is 0 Å². The highest BCUT2D eigenvalue weighted by Gasteiger charge is 2.10. The molecule has 1 atom stereocenters. The van der Waals surface area contributed by atoms with Gasteiger partial charge in [0.15, 0.2) is 0 Å². The normalized spacial score (nSPS) is 22.5. The molecule has 3 heteroatoms. The largest absolute Gasteiger partial charge is 0.379 e. The minimum Gasteiger partial charge on any atom is -0.379 e. The number of morpholine rings is 1. The lowest BCUT2D eigenvalue weighted by Crippen LogP contribution is -2.37. The lowest BCUT2D eigenvalue weighted by molar-refractivity contribution is 0.0375. The molecule has 0 aromatic rings. The fourth-order valence-corrected chi connectivity index (χ4v) is 1.65. The summed E-state index contributed by atoms with van der Waals surface area (Å²) in [6, 6.07) is 0. The van der Waals surface area contributed by atoms with Gasteiger partial charge in [0.25, 0.3) is 0 Å². The van der Waals surface area contributed by atoms with E-state index in [0.29, 0.717) is 0 Å². The molecule has 0 aromatic carbocycles. The summed E-state index contributed by atoms with van der Waals surface area (Å²) in [5.41, 5.74) is 0. The molecule has 0 aliphatic carbocycles. The fraction of sp³-hybridized carbons (Fsp3) is 1.00. The minimum absolute atomic E-state index is 0.799. The molecule has 0 radical (unpaired) electrons. The van der Waals surface area contributed by atoms with E-state index in [1.807, 2.05) is 11.8 Å². The van der Waals surface area contributed by atoms with Crippen LogP contribution in [0.5, 0.6) is 0 Å². The van der Waals surface area contributed by atoms with Gasteiger partial charge in [0.05, 0.1) is 13.2 Å². The van der Waals surface area contributed by atoms with Crippen LogP contribution < -0.4 is 0 Å². The van der Waals surface area contributed by atoms with Gasteiger partial charge >= 0.3 is 0 Å². The third kappa shape index (κ3) is 3.78. The quantitative estimate of drug-likeness (QED) is 0.664. The minimum atomic E-state index is 0.799. The first-order valence-electron chi connectivity index (χ1n) is 4.66. The van der Waals surface area contributed by atoms with Gasteiger partial charge in [-0.1, -0.05) is 6.92 Å². The molecule has 1 aliphatic rings. The molecule has 72 valence electrons. The zero-order valence-corrected chi connectivity index (χ0v) is 8.90. The number of hydrogen-bond acceptors (Lipinski definition) is 3. The first kappa shape index (κ1) is 10.4. The van der Waals surface area contributed by atoms with Gasteiger partial charge in [0.1, 0.15) is 0 Å². The Kier molecular flexibility index (Phi) is 5.04. The molecular formula is C9H19NOS. The number of nitrogens with zero attached hydrogens (tertiary/aromatic N) is 1. The molecule has 2 nitrogen and oxygen atoms in total. The van der Waals surface area contributed by atoms with E-state index >= 15 is 0 Å². The molecule has 1 unspecified atom stereocenters. The Hall–Kier alpha value is 0.270. The van der Waals surface area contributed by atoms with Crippen LogP contribution in [-0.2, 0) is 4.74 Å². The highest BCUT2D eigenvalue weighted by molar-refractivity contribution is 7.99. The van der Waals surface area contributed by atoms with Crippen molar-refractivity contribution >= 4 is 11.8 Å². The van der Waals surface area contributed by atoms with Gasteiger partial charge in [-0.25, -0.2) is 0 Å². The zero-order chi connectivity index (χ0) is 8.81. The molecule has 0 saturated carbocycles. The Balaban J connectivity index is 2.05. The van der Waals surface area contributed by atoms with Crippen molar-refractivity contribution < 1.29 is 4.74 Å². The monoisotopic (exact) mass is 189 g/mol. The van der Waals surface area contributed by atoms with Crippen LogP contribution in [0.1, 0.15) is 13.3 Å². The van der Waals surface area contributed by atoms with Gasteiger partial charge in [-0.15, -0.1) is 0 Å². The maximum Gasteiger partial charge on any atom is 0.0594 e. The maximum absolute atomic E-state index is 5.29. The molecular weight excluding hydrogens is 170 g/mol. The van der Waals surface area contributed by atoms with Crippen molar-refractivity contribution in [1.82, 2.24) is 4.90 Å². The van der Waals surface area contributed by atoms with E-state index in [1.54, 1.807) is 0 Å². The summed E-state index contributed by atoms with van der Waals surface area (Å²) < 4.78 is 5.29. The Labute approximate surface area is 79.6 Å². The first-order valence-corrected chi connectivity index (χ1v) is 5.94. The average molecular weight is 189 g/mol. The molecule has 0 bridgehead atoms. The van der Waals surface area contributed by atoms with Crippen molar-refractivity contribution in [3.63, 3.8) is 0 Å². The Morgan fingerprint density at radius 3 is 2.67 bits per heavy atom. The highest BCUT2D eigenvalue weighted by Crippen LogP contribution is 2.10. The van der Waals surface area contributed by atoms with E-state index in [0.717, 1.165) is 31.6 Å². The smallest absolute Gasteiger partial charge is 0.0594 e. The van der Waals surface area contributed by atoms with Crippen molar-refractivity contribution in [2.75, 3.05) is 39.1 Å². The second kappa shape index (κ2) is 5.84. The Bertz CT molecular complexity index is 115. The van der Waals surface area contributed by atoms with E-state index in [4.69, 9.17) is 4.74 Å². The molecule has 0 aromatic heterocycles. The summed E-state index contributed by atoms with van der Waals surface area (Å²) in [5, 5.41) is 0.799. The third-order valence-corrected chi connectivity index (χ3v) is 3.40. The van der Waals surface area contributed by atoms with Crippen molar-refractivity contribution in [2.24, 2.45) is 0 Å². The van der Waals surface area contributed by atoms with Gasteiger partial charge in [-0.2, -0.15) is 11.8 Å². The number of rotatable bonds is 4. The van der Waals surface area contributed by atoms with Crippen LogP contribution in [0.2, 0.25) is 0 Å². The lowest BCUT2D eigenvalue weighted by Gasteiger charge is -2.27. The number of hydrogen-bond donors (Lipinski definition) is 0. The molecule has 0 spiro atoms. The molecule has 1 heterocycles.